The van der Waals surface area contributed by atoms with E-state index in [2.05, 4.69) is 15.5 Å². The number of thioether (sulfide) groups is 1. The van der Waals surface area contributed by atoms with Crippen molar-refractivity contribution in [2.75, 3.05) is 18.9 Å². The van der Waals surface area contributed by atoms with E-state index in [1.165, 1.54) is 11.8 Å². The normalized spacial score (nSPS) is 10.6. The van der Waals surface area contributed by atoms with Crippen molar-refractivity contribution >= 4 is 23.6 Å². The van der Waals surface area contributed by atoms with Crippen molar-refractivity contribution in [1.82, 2.24) is 20.1 Å². The molecule has 7 nitrogen and oxygen atoms in total. The Labute approximate surface area is 173 Å². The lowest BCUT2D eigenvalue weighted by Gasteiger charge is -2.10. The number of ether oxygens (including phenoxy) is 1. The highest BCUT2D eigenvalue weighted by Crippen LogP contribution is 2.28. The van der Waals surface area contributed by atoms with Crippen LogP contribution in [0.4, 0.5) is 0 Å². The van der Waals surface area contributed by atoms with Gasteiger partial charge in [-0.25, -0.2) is 0 Å². The number of rotatable bonds is 8. The number of aromatic nitrogens is 3. The number of carbonyl (C=O) groups is 2. The number of carbonyl (C=O) groups excluding carboxylic acids is 2. The average molecular weight is 410 g/mol. The molecule has 0 saturated heterocycles. The first-order valence-corrected chi connectivity index (χ1v) is 10.2. The predicted octanol–water partition coefficient (Wildman–Crippen LogP) is 3.01. The first-order chi connectivity index (χ1) is 14.1. The molecule has 150 valence electrons. The summed E-state index contributed by atoms with van der Waals surface area (Å²) in [7, 11) is 0. The van der Waals surface area contributed by atoms with Gasteiger partial charge in [0.25, 0.3) is 0 Å². The Morgan fingerprint density at radius 2 is 1.79 bits per heavy atom. The summed E-state index contributed by atoms with van der Waals surface area (Å²) in [6.07, 6.45) is 0. The molecule has 0 unspecified atom stereocenters. The Kier molecular flexibility index (Phi) is 7.02. The van der Waals surface area contributed by atoms with Crippen LogP contribution in [0.25, 0.3) is 17.1 Å². The lowest BCUT2D eigenvalue weighted by Crippen LogP contribution is -2.31. The second kappa shape index (κ2) is 9.88. The van der Waals surface area contributed by atoms with Gasteiger partial charge in [-0.15, -0.1) is 10.2 Å². The maximum atomic E-state index is 12.1. The Morgan fingerprint density at radius 1 is 1.07 bits per heavy atom. The number of nitrogens with zero attached hydrogens (tertiary/aromatic N) is 3. The summed E-state index contributed by atoms with van der Waals surface area (Å²) in [5.41, 5.74) is 3.00. The number of esters is 1. The summed E-state index contributed by atoms with van der Waals surface area (Å²) < 4.78 is 6.73. The highest BCUT2D eigenvalue weighted by molar-refractivity contribution is 7.99. The van der Waals surface area contributed by atoms with Crippen molar-refractivity contribution in [2.24, 2.45) is 0 Å². The van der Waals surface area contributed by atoms with Gasteiger partial charge in [0.2, 0.25) is 5.91 Å². The number of amides is 1. The number of aryl methyl sites for hydroxylation is 1. The molecular weight excluding hydrogens is 388 g/mol. The van der Waals surface area contributed by atoms with Crippen LogP contribution in [0.3, 0.4) is 0 Å². The Morgan fingerprint density at radius 3 is 2.48 bits per heavy atom. The third-order valence-electron chi connectivity index (χ3n) is 4.03. The van der Waals surface area contributed by atoms with Crippen molar-refractivity contribution in [1.29, 1.82) is 0 Å². The zero-order valence-corrected chi connectivity index (χ0v) is 17.1. The van der Waals surface area contributed by atoms with Gasteiger partial charge in [-0.3, -0.25) is 14.2 Å². The highest BCUT2D eigenvalue weighted by Gasteiger charge is 2.17. The number of benzene rings is 2. The first-order valence-electron chi connectivity index (χ1n) is 9.21. The average Bonchev–Trinajstić information content (AvgIpc) is 3.16. The zero-order valence-electron chi connectivity index (χ0n) is 16.3. The van der Waals surface area contributed by atoms with Gasteiger partial charge in [-0.2, -0.15) is 0 Å². The summed E-state index contributed by atoms with van der Waals surface area (Å²) in [4.78, 5) is 23.5. The van der Waals surface area contributed by atoms with E-state index in [9.17, 15) is 9.59 Å². The number of para-hydroxylation sites is 1. The Balaban J connectivity index is 1.79. The monoisotopic (exact) mass is 410 g/mol. The fraction of sp³-hybridized carbons (Fsp3) is 0.238. The molecule has 29 heavy (non-hydrogen) atoms. The molecule has 0 bridgehead atoms. The van der Waals surface area contributed by atoms with E-state index in [1.807, 2.05) is 66.1 Å². The molecule has 0 spiro atoms. The van der Waals surface area contributed by atoms with Crippen LogP contribution < -0.4 is 5.32 Å². The molecule has 2 aromatic carbocycles. The van der Waals surface area contributed by atoms with Crippen molar-refractivity contribution < 1.29 is 14.3 Å². The maximum absolute atomic E-state index is 12.1. The van der Waals surface area contributed by atoms with Crippen LogP contribution in [0.5, 0.6) is 0 Å². The topological polar surface area (TPSA) is 86.1 Å². The van der Waals surface area contributed by atoms with Gasteiger partial charge in [0.15, 0.2) is 11.0 Å². The Hall–Kier alpha value is -3.13. The minimum atomic E-state index is -0.458. The van der Waals surface area contributed by atoms with Crippen LogP contribution >= 0.6 is 11.8 Å². The summed E-state index contributed by atoms with van der Waals surface area (Å²) in [5.74, 6) is 0.0753. The lowest BCUT2D eigenvalue weighted by atomic mass is 10.1. The van der Waals surface area contributed by atoms with E-state index in [-0.39, 0.29) is 24.8 Å². The molecule has 0 fully saturated rings. The Bertz CT molecular complexity index is 971. The molecule has 8 heteroatoms. The molecule has 0 aliphatic carbocycles. The highest BCUT2D eigenvalue weighted by atomic mass is 32.2. The fourth-order valence-electron chi connectivity index (χ4n) is 2.63. The summed E-state index contributed by atoms with van der Waals surface area (Å²) in [6, 6.07) is 17.8. The quantitative estimate of drug-likeness (QED) is 0.454. The van der Waals surface area contributed by atoms with E-state index in [1.54, 1.807) is 6.92 Å². The van der Waals surface area contributed by atoms with Gasteiger partial charge in [0, 0.05) is 11.3 Å². The molecule has 1 amide bonds. The van der Waals surface area contributed by atoms with E-state index in [4.69, 9.17) is 4.74 Å². The number of nitrogens with one attached hydrogen (secondary N) is 1. The summed E-state index contributed by atoms with van der Waals surface area (Å²) in [6.45, 7) is 3.89. The molecule has 0 aliphatic rings. The smallest absolute Gasteiger partial charge is 0.325 e. The van der Waals surface area contributed by atoms with E-state index in [0.29, 0.717) is 11.0 Å². The van der Waals surface area contributed by atoms with Crippen molar-refractivity contribution in [2.45, 2.75) is 19.0 Å². The zero-order chi connectivity index (χ0) is 20.6. The second-order valence-corrected chi connectivity index (χ2v) is 7.16. The van der Waals surface area contributed by atoms with Crippen LogP contribution in [0.15, 0.2) is 59.8 Å². The molecule has 0 radical (unpaired) electrons. The van der Waals surface area contributed by atoms with Gasteiger partial charge in [-0.05, 0) is 26.0 Å². The van der Waals surface area contributed by atoms with Crippen LogP contribution in [0, 0.1) is 6.92 Å². The van der Waals surface area contributed by atoms with Crippen molar-refractivity contribution in [3.8, 4) is 17.1 Å². The van der Waals surface area contributed by atoms with Gasteiger partial charge in [0.1, 0.15) is 6.54 Å². The number of hydrogen-bond donors (Lipinski definition) is 1. The SMILES string of the molecule is CCOC(=O)CNC(=O)CSc1nnc(-c2ccc(C)cc2)n1-c1ccccc1. The first kappa shape index (κ1) is 20.6. The van der Waals surface area contributed by atoms with E-state index >= 15 is 0 Å². The van der Waals surface area contributed by atoms with Crippen LogP contribution in [0.2, 0.25) is 0 Å². The second-order valence-electron chi connectivity index (χ2n) is 6.21. The summed E-state index contributed by atoms with van der Waals surface area (Å²) in [5, 5.41) is 11.8. The van der Waals surface area contributed by atoms with Crippen molar-refractivity contribution in [3.63, 3.8) is 0 Å². The lowest BCUT2D eigenvalue weighted by molar-refractivity contribution is -0.143. The maximum Gasteiger partial charge on any atom is 0.325 e. The van der Waals surface area contributed by atoms with E-state index < -0.39 is 5.97 Å². The molecule has 1 N–H and O–H groups in total. The molecule has 1 heterocycles. The minimum absolute atomic E-state index is 0.109. The van der Waals surface area contributed by atoms with E-state index in [0.717, 1.165) is 16.8 Å². The van der Waals surface area contributed by atoms with Gasteiger partial charge in [-0.1, -0.05) is 59.8 Å². The van der Waals surface area contributed by atoms with Gasteiger partial charge in [0.05, 0.1) is 12.4 Å². The minimum Gasteiger partial charge on any atom is -0.465 e. The summed E-state index contributed by atoms with van der Waals surface area (Å²) >= 11 is 1.26. The third-order valence-corrected chi connectivity index (χ3v) is 4.95. The fourth-order valence-corrected chi connectivity index (χ4v) is 3.41. The predicted molar refractivity (Wildman–Crippen MR) is 112 cm³/mol. The van der Waals surface area contributed by atoms with Gasteiger partial charge >= 0.3 is 5.97 Å². The molecule has 3 rings (SSSR count). The van der Waals surface area contributed by atoms with Crippen LogP contribution in [-0.4, -0.2) is 45.5 Å². The largest absolute Gasteiger partial charge is 0.465 e. The molecular formula is C21H22N4O3S. The number of hydrogen-bond acceptors (Lipinski definition) is 6. The van der Waals surface area contributed by atoms with Crippen LogP contribution in [0.1, 0.15) is 12.5 Å². The van der Waals surface area contributed by atoms with Crippen molar-refractivity contribution in [3.05, 3.63) is 60.2 Å². The molecule has 0 saturated carbocycles. The van der Waals surface area contributed by atoms with Crippen LogP contribution in [-0.2, 0) is 14.3 Å². The third kappa shape index (κ3) is 5.45. The molecule has 0 atom stereocenters. The molecule has 3 aromatic rings. The van der Waals surface area contributed by atoms with Gasteiger partial charge < -0.3 is 10.1 Å². The standard InChI is InChI=1S/C21H22N4O3S/c1-3-28-19(27)13-22-18(26)14-29-21-24-23-20(16-11-9-15(2)10-12-16)25(21)17-7-5-4-6-8-17/h4-12H,3,13-14H2,1-2H3,(H,22,26). The molecule has 0 aliphatic heterocycles. The molecule has 1 aromatic heterocycles.